The van der Waals surface area contributed by atoms with Crippen molar-refractivity contribution in [1.82, 2.24) is 0 Å². The molecule has 0 radical (unpaired) electrons. The van der Waals surface area contributed by atoms with E-state index in [2.05, 4.69) is 4.18 Å². The zero-order chi connectivity index (χ0) is 4.28. The summed E-state index contributed by atoms with van der Waals surface area (Å²) in [6, 6.07) is 0. The summed E-state index contributed by atoms with van der Waals surface area (Å²) in [5.41, 5.74) is 0. The van der Waals surface area contributed by atoms with Crippen LogP contribution >= 0.6 is 0 Å². The summed E-state index contributed by atoms with van der Waals surface area (Å²) in [5, 5.41) is 0. The van der Waals surface area contributed by atoms with Crippen molar-refractivity contribution in [2.45, 2.75) is 0 Å². The summed E-state index contributed by atoms with van der Waals surface area (Å²) in [4.78, 5) is 0. The van der Waals surface area contributed by atoms with E-state index in [-0.39, 0.29) is 26.2 Å². The van der Waals surface area contributed by atoms with E-state index in [1.165, 1.54) is 0 Å². The van der Waals surface area contributed by atoms with Crippen LogP contribution in [0.5, 0.6) is 0 Å². The summed E-state index contributed by atoms with van der Waals surface area (Å²) in [7, 11) is -1.50. The second-order valence-corrected chi connectivity index (χ2v) is 1.22. The summed E-state index contributed by atoms with van der Waals surface area (Å²) in [5.74, 6) is 0. The van der Waals surface area contributed by atoms with Gasteiger partial charge in [-0.05, 0) is 0 Å². The van der Waals surface area contributed by atoms with E-state index in [1.54, 1.807) is 0 Å². The quantitative estimate of drug-likeness (QED) is 0.449. The third kappa shape index (κ3) is 8.84. The third-order valence-corrected chi connectivity index (χ3v) is 0.447. The topological polar surface area (TPSA) is 43.4 Å². The molecule has 0 aliphatic carbocycles. The molecule has 0 aliphatic heterocycles. The first-order chi connectivity index (χ1) is 2.27. The Morgan fingerprint density at radius 1 is 1.50 bits per heavy atom. The van der Waals surface area contributed by atoms with Crippen molar-refractivity contribution >= 4 is 37.2 Å². The van der Waals surface area contributed by atoms with Crippen LogP contribution < -0.4 is 0 Å². The van der Waals surface area contributed by atoms with Gasteiger partial charge in [-0.1, -0.05) is 0 Å². The number of hydrogen-bond donors (Lipinski definition) is 1. The molecule has 0 bridgehead atoms. The van der Waals surface area contributed by atoms with E-state index in [9.17, 15) is 8.42 Å². The SMILES string of the molecule is CO[SH](=O)=O.[BiH3]. The number of rotatable bonds is 1. The fraction of sp³-hybridized carbons (Fsp3) is 1.00. The van der Waals surface area contributed by atoms with Gasteiger partial charge in [0.1, 0.15) is 0 Å². The molecule has 0 N–H and O–H groups in total. The summed E-state index contributed by atoms with van der Waals surface area (Å²) in [6.07, 6.45) is 0. The molecule has 0 saturated carbocycles. The van der Waals surface area contributed by atoms with Crippen molar-refractivity contribution in [3.05, 3.63) is 0 Å². The van der Waals surface area contributed by atoms with Crippen molar-refractivity contribution in [2.24, 2.45) is 0 Å². The number of hydrogen-bond acceptors (Lipinski definition) is 3. The van der Waals surface area contributed by atoms with Crippen LogP contribution in [0.3, 0.4) is 0 Å². The van der Waals surface area contributed by atoms with Gasteiger partial charge in [0.15, 0.2) is 0 Å². The molecule has 6 heavy (non-hydrogen) atoms. The van der Waals surface area contributed by atoms with Gasteiger partial charge in [-0.15, -0.1) is 0 Å². The van der Waals surface area contributed by atoms with Crippen molar-refractivity contribution < 1.29 is 12.6 Å². The molecule has 0 aromatic carbocycles. The molecular formula is CH7BiO3S. The second kappa shape index (κ2) is 5.79. The van der Waals surface area contributed by atoms with Crippen molar-refractivity contribution in [3.8, 4) is 0 Å². The van der Waals surface area contributed by atoms with Gasteiger partial charge in [0.2, 0.25) is 0 Å². The standard InChI is InChI=1S/CH4O3S.Bi.3H/c1-4-5(2)3;;;;/h5H,1H3;;;;. The van der Waals surface area contributed by atoms with E-state index >= 15 is 0 Å². The van der Waals surface area contributed by atoms with Crippen LogP contribution in [0.15, 0.2) is 0 Å². The summed E-state index contributed by atoms with van der Waals surface area (Å²) >= 11 is 0. The van der Waals surface area contributed by atoms with Gasteiger partial charge in [0.05, 0.1) is 7.11 Å². The molecule has 0 fully saturated rings. The fourth-order valence-electron chi connectivity index (χ4n) is 0. The van der Waals surface area contributed by atoms with Gasteiger partial charge in [-0.2, -0.15) is 0 Å². The van der Waals surface area contributed by atoms with Crippen LogP contribution in [-0.2, 0) is 15.2 Å². The Morgan fingerprint density at radius 2 is 1.67 bits per heavy atom. The molecule has 0 aromatic heterocycles. The van der Waals surface area contributed by atoms with Gasteiger partial charge in [0.25, 0.3) is 11.0 Å². The Bertz CT molecular complexity index is 68.9. The Labute approximate surface area is 57.0 Å². The predicted molar refractivity (Wildman–Crippen MR) is 27.3 cm³/mol. The Hall–Kier alpha value is 0.793. The van der Waals surface area contributed by atoms with Crippen LogP contribution in [-0.4, -0.2) is 41.7 Å². The minimum atomic E-state index is -2.60. The van der Waals surface area contributed by atoms with Crippen LogP contribution in [0.4, 0.5) is 0 Å². The predicted octanol–water partition coefficient (Wildman–Crippen LogP) is -2.02. The Kier molecular flexibility index (Phi) is 9.58. The number of thiol groups is 1. The Balaban J connectivity index is 0. The van der Waals surface area contributed by atoms with E-state index in [0.717, 1.165) is 7.11 Å². The molecule has 0 spiro atoms. The molecular weight excluding hydrogens is 301 g/mol. The molecule has 5 heteroatoms. The van der Waals surface area contributed by atoms with Gasteiger partial charge < -0.3 is 0 Å². The molecule has 0 saturated heterocycles. The van der Waals surface area contributed by atoms with Gasteiger partial charge in [-0.25, -0.2) is 8.42 Å². The maximum absolute atomic E-state index is 9.18. The normalized spacial score (nSPS) is 7.67. The molecule has 0 heterocycles. The Morgan fingerprint density at radius 3 is 1.67 bits per heavy atom. The fourth-order valence-corrected chi connectivity index (χ4v) is 0. The molecule has 0 aliphatic rings. The molecule has 40 valence electrons. The zero-order valence-electron chi connectivity index (χ0n) is 3.38. The molecule has 0 atom stereocenters. The molecule has 0 unspecified atom stereocenters. The summed E-state index contributed by atoms with van der Waals surface area (Å²) in [6.45, 7) is 0. The van der Waals surface area contributed by atoms with Crippen LogP contribution in [0, 0.1) is 0 Å². The van der Waals surface area contributed by atoms with Crippen molar-refractivity contribution in [3.63, 3.8) is 0 Å². The van der Waals surface area contributed by atoms with Crippen LogP contribution in [0.1, 0.15) is 0 Å². The third-order valence-electron chi connectivity index (χ3n) is 0.149. The average Bonchev–Trinajstić information content (AvgIpc) is 1.38. The van der Waals surface area contributed by atoms with E-state index in [1.807, 2.05) is 0 Å². The molecule has 0 amide bonds. The van der Waals surface area contributed by atoms with Crippen LogP contribution in [0.2, 0.25) is 0 Å². The van der Waals surface area contributed by atoms with Crippen molar-refractivity contribution in [1.29, 1.82) is 0 Å². The average molecular weight is 308 g/mol. The first-order valence-corrected chi connectivity index (χ1v) is 2.05. The monoisotopic (exact) mass is 308 g/mol. The molecule has 0 rings (SSSR count). The maximum atomic E-state index is 9.18. The van der Waals surface area contributed by atoms with E-state index in [4.69, 9.17) is 0 Å². The molecule has 0 aromatic rings. The molecule has 3 nitrogen and oxygen atoms in total. The minimum absolute atomic E-state index is 0. The van der Waals surface area contributed by atoms with E-state index in [0.29, 0.717) is 0 Å². The first-order valence-electron chi connectivity index (χ1n) is 0.956. The van der Waals surface area contributed by atoms with Crippen LogP contribution in [0.25, 0.3) is 0 Å². The van der Waals surface area contributed by atoms with E-state index < -0.39 is 11.0 Å². The van der Waals surface area contributed by atoms with Gasteiger partial charge in [-0.3, -0.25) is 4.18 Å². The second-order valence-electron chi connectivity index (χ2n) is 0.406. The first kappa shape index (κ1) is 9.92. The van der Waals surface area contributed by atoms with Gasteiger partial charge in [0, 0.05) is 0 Å². The summed E-state index contributed by atoms with van der Waals surface area (Å²) < 4.78 is 22.1. The van der Waals surface area contributed by atoms with Gasteiger partial charge >= 0.3 is 26.2 Å². The zero-order valence-corrected chi connectivity index (χ0v) is 9.77. The van der Waals surface area contributed by atoms with Crippen molar-refractivity contribution in [2.75, 3.05) is 7.11 Å².